The van der Waals surface area contributed by atoms with Crippen molar-refractivity contribution < 1.29 is 0 Å². The van der Waals surface area contributed by atoms with Crippen molar-refractivity contribution in [2.75, 3.05) is 25.0 Å². The summed E-state index contributed by atoms with van der Waals surface area (Å²) in [5.74, 6) is 1.52. The molecule has 1 nitrogen and oxygen atoms in total. The number of nitrogens with zero attached hydrogens (tertiary/aromatic N) is 1. The zero-order valence-electron chi connectivity index (χ0n) is 12.7. The lowest BCUT2D eigenvalue weighted by molar-refractivity contribution is 0.133. The summed E-state index contributed by atoms with van der Waals surface area (Å²) in [5, 5.41) is 1.12. The molecule has 0 aliphatic rings. The summed E-state index contributed by atoms with van der Waals surface area (Å²) >= 11 is 3.73. The summed E-state index contributed by atoms with van der Waals surface area (Å²) < 4.78 is 0. The predicted molar refractivity (Wildman–Crippen MR) is 82.9 cm³/mol. The molecule has 0 rings (SSSR count). The third-order valence-electron chi connectivity index (χ3n) is 3.59. The molecule has 0 N–H and O–H groups in total. The Kier molecular flexibility index (Phi) is 8.75. The van der Waals surface area contributed by atoms with Crippen molar-refractivity contribution in [1.29, 1.82) is 0 Å². The van der Waals surface area contributed by atoms with Crippen molar-refractivity contribution in [3.8, 4) is 0 Å². The average molecular weight is 306 g/mol. The number of rotatable bonds is 9. The first kappa shape index (κ1) is 17.4. The van der Waals surface area contributed by atoms with E-state index in [-0.39, 0.29) is 0 Å². The molecular formula is C15H32BrN. The molecule has 0 aliphatic carbocycles. The van der Waals surface area contributed by atoms with Gasteiger partial charge in [0.15, 0.2) is 0 Å². The molecule has 2 heteroatoms. The second-order valence-electron chi connectivity index (χ2n) is 6.32. The maximum atomic E-state index is 3.73. The highest BCUT2D eigenvalue weighted by atomic mass is 79.9. The SMILES string of the molecule is CCC(CC)(CBr)CN(CC(C)C)CC(C)C. The summed E-state index contributed by atoms with van der Waals surface area (Å²) in [6, 6.07) is 0. The maximum Gasteiger partial charge on any atom is 0.01000 e. The van der Waals surface area contributed by atoms with Gasteiger partial charge in [-0.2, -0.15) is 0 Å². The van der Waals surface area contributed by atoms with E-state index in [9.17, 15) is 0 Å². The van der Waals surface area contributed by atoms with Crippen LogP contribution in [0.4, 0.5) is 0 Å². The summed E-state index contributed by atoms with van der Waals surface area (Å²) in [4.78, 5) is 2.67. The van der Waals surface area contributed by atoms with E-state index >= 15 is 0 Å². The van der Waals surface area contributed by atoms with Gasteiger partial charge in [-0.15, -0.1) is 0 Å². The largest absolute Gasteiger partial charge is 0.302 e. The Labute approximate surface area is 117 Å². The second-order valence-corrected chi connectivity index (χ2v) is 6.88. The summed E-state index contributed by atoms with van der Waals surface area (Å²) in [7, 11) is 0. The van der Waals surface area contributed by atoms with Gasteiger partial charge in [0, 0.05) is 25.0 Å². The van der Waals surface area contributed by atoms with E-state index in [2.05, 4.69) is 62.4 Å². The van der Waals surface area contributed by atoms with Crippen LogP contribution in [0.2, 0.25) is 0 Å². The summed E-state index contributed by atoms with van der Waals surface area (Å²) in [6.07, 6.45) is 2.53. The van der Waals surface area contributed by atoms with Crippen LogP contribution in [-0.4, -0.2) is 29.9 Å². The van der Waals surface area contributed by atoms with Gasteiger partial charge in [0.25, 0.3) is 0 Å². The van der Waals surface area contributed by atoms with Gasteiger partial charge in [-0.05, 0) is 30.1 Å². The predicted octanol–water partition coefficient (Wildman–Crippen LogP) is 4.80. The molecule has 0 spiro atoms. The Morgan fingerprint density at radius 1 is 0.941 bits per heavy atom. The average Bonchev–Trinajstić information content (AvgIpc) is 2.24. The molecule has 104 valence electrons. The normalized spacial score (nSPS) is 13.1. The van der Waals surface area contributed by atoms with Gasteiger partial charge < -0.3 is 4.90 Å². The first-order chi connectivity index (χ1) is 7.89. The summed E-state index contributed by atoms with van der Waals surface area (Å²) in [5.41, 5.74) is 0.462. The minimum Gasteiger partial charge on any atom is -0.302 e. The topological polar surface area (TPSA) is 3.24 Å². The zero-order chi connectivity index (χ0) is 13.5. The van der Waals surface area contributed by atoms with Crippen molar-refractivity contribution in [2.45, 2.75) is 54.4 Å². The van der Waals surface area contributed by atoms with Crippen molar-refractivity contribution in [3.05, 3.63) is 0 Å². The zero-order valence-corrected chi connectivity index (χ0v) is 14.3. The molecule has 0 aromatic carbocycles. The molecule has 0 radical (unpaired) electrons. The van der Waals surface area contributed by atoms with Gasteiger partial charge in [-0.25, -0.2) is 0 Å². The lowest BCUT2D eigenvalue weighted by Crippen LogP contribution is -2.41. The van der Waals surface area contributed by atoms with Crippen LogP contribution in [0.25, 0.3) is 0 Å². The van der Waals surface area contributed by atoms with Crippen molar-refractivity contribution in [1.82, 2.24) is 4.90 Å². The molecule has 0 unspecified atom stereocenters. The van der Waals surface area contributed by atoms with Crippen LogP contribution in [-0.2, 0) is 0 Å². The molecule has 0 saturated heterocycles. The number of alkyl halides is 1. The highest BCUT2D eigenvalue weighted by Crippen LogP contribution is 2.30. The molecule has 0 aromatic heterocycles. The molecule has 0 atom stereocenters. The third kappa shape index (κ3) is 6.81. The maximum absolute atomic E-state index is 3.73. The lowest BCUT2D eigenvalue weighted by Gasteiger charge is -2.37. The van der Waals surface area contributed by atoms with Gasteiger partial charge in [-0.3, -0.25) is 0 Å². The Morgan fingerprint density at radius 2 is 1.35 bits per heavy atom. The highest BCUT2D eigenvalue weighted by molar-refractivity contribution is 9.09. The van der Waals surface area contributed by atoms with Crippen LogP contribution in [0.5, 0.6) is 0 Å². The van der Waals surface area contributed by atoms with Crippen LogP contribution >= 0.6 is 15.9 Å². The lowest BCUT2D eigenvalue weighted by atomic mass is 9.83. The molecule has 0 aromatic rings. The minimum atomic E-state index is 0.462. The van der Waals surface area contributed by atoms with Crippen molar-refractivity contribution in [3.63, 3.8) is 0 Å². The van der Waals surface area contributed by atoms with E-state index < -0.39 is 0 Å². The van der Waals surface area contributed by atoms with Crippen LogP contribution < -0.4 is 0 Å². The van der Waals surface area contributed by atoms with E-state index in [4.69, 9.17) is 0 Å². The minimum absolute atomic E-state index is 0.462. The first-order valence-electron chi connectivity index (χ1n) is 7.17. The fourth-order valence-electron chi connectivity index (χ4n) is 2.42. The van der Waals surface area contributed by atoms with E-state index in [0.717, 1.165) is 17.2 Å². The van der Waals surface area contributed by atoms with Crippen LogP contribution in [0.15, 0.2) is 0 Å². The number of hydrogen-bond donors (Lipinski definition) is 0. The van der Waals surface area contributed by atoms with Crippen molar-refractivity contribution in [2.24, 2.45) is 17.3 Å². The van der Waals surface area contributed by atoms with Crippen LogP contribution in [0.3, 0.4) is 0 Å². The number of halogens is 1. The van der Waals surface area contributed by atoms with Crippen molar-refractivity contribution >= 4 is 15.9 Å². The fraction of sp³-hybridized carbons (Fsp3) is 1.00. The van der Waals surface area contributed by atoms with E-state index in [0.29, 0.717) is 5.41 Å². The van der Waals surface area contributed by atoms with E-state index in [1.807, 2.05) is 0 Å². The fourth-order valence-corrected chi connectivity index (χ4v) is 3.39. The molecule has 0 aliphatic heterocycles. The molecule has 17 heavy (non-hydrogen) atoms. The molecule has 0 bridgehead atoms. The standard InChI is InChI=1S/C15H32BrN/c1-7-15(8-2,11-16)12-17(9-13(3)4)10-14(5)6/h13-14H,7-12H2,1-6H3. The number of hydrogen-bond acceptors (Lipinski definition) is 1. The molecule has 0 heterocycles. The van der Waals surface area contributed by atoms with Crippen LogP contribution in [0, 0.1) is 17.3 Å². The first-order valence-corrected chi connectivity index (χ1v) is 8.29. The molecule has 0 fully saturated rings. The van der Waals surface area contributed by atoms with Gasteiger partial charge in [0.05, 0.1) is 0 Å². The monoisotopic (exact) mass is 305 g/mol. The highest BCUT2D eigenvalue weighted by Gasteiger charge is 2.28. The second kappa shape index (κ2) is 8.53. The van der Waals surface area contributed by atoms with E-state index in [1.54, 1.807) is 0 Å². The third-order valence-corrected chi connectivity index (χ3v) is 4.78. The molecule has 0 amide bonds. The Hall–Kier alpha value is 0.440. The van der Waals surface area contributed by atoms with E-state index in [1.165, 1.54) is 32.5 Å². The Balaban J connectivity index is 4.57. The van der Waals surface area contributed by atoms with Gasteiger partial charge in [0.1, 0.15) is 0 Å². The quantitative estimate of drug-likeness (QED) is 0.553. The van der Waals surface area contributed by atoms with Crippen LogP contribution in [0.1, 0.15) is 54.4 Å². The molecular weight excluding hydrogens is 274 g/mol. The van der Waals surface area contributed by atoms with Gasteiger partial charge >= 0.3 is 0 Å². The summed E-state index contributed by atoms with van der Waals surface area (Å²) in [6.45, 7) is 17.6. The Morgan fingerprint density at radius 3 is 1.59 bits per heavy atom. The molecule has 0 saturated carbocycles. The smallest absolute Gasteiger partial charge is 0.01000 e. The Bertz CT molecular complexity index is 167. The van der Waals surface area contributed by atoms with Gasteiger partial charge in [-0.1, -0.05) is 57.5 Å². The van der Waals surface area contributed by atoms with Gasteiger partial charge in [0.2, 0.25) is 0 Å².